The molecular formula is C25H29N5O3. The summed E-state index contributed by atoms with van der Waals surface area (Å²) in [7, 11) is 1.53. The molecule has 2 unspecified atom stereocenters. The topological polar surface area (TPSA) is 125 Å². The van der Waals surface area contributed by atoms with E-state index in [1.54, 1.807) is 22.9 Å². The SMILES string of the molecule is COc1ccccc1C(=O)NCc1ccc(-c2nn(C3CCC(C)C3)c(N)c2C(N)=O)cc1. The summed E-state index contributed by atoms with van der Waals surface area (Å²) in [6.45, 7) is 2.55. The normalized spacial score (nSPS) is 17.6. The van der Waals surface area contributed by atoms with E-state index in [-0.39, 0.29) is 17.5 Å². The first-order valence-corrected chi connectivity index (χ1v) is 11.1. The maximum Gasteiger partial charge on any atom is 0.255 e. The van der Waals surface area contributed by atoms with Crippen molar-refractivity contribution in [1.29, 1.82) is 0 Å². The van der Waals surface area contributed by atoms with E-state index in [9.17, 15) is 9.59 Å². The number of nitrogens with two attached hydrogens (primary N) is 2. The van der Waals surface area contributed by atoms with Crippen LogP contribution in [0, 0.1) is 5.92 Å². The number of ether oxygens (including phenoxy) is 1. The van der Waals surface area contributed by atoms with Gasteiger partial charge in [-0.15, -0.1) is 0 Å². The number of aromatic nitrogens is 2. The molecule has 3 aromatic rings. The Hall–Kier alpha value is -3.81. The highest BCUT2D eigenvalue weighted by Gasteiger charge is 2.29. The van der Waals surface area contributed by atoms with E-state index in [0.717, 1.165) is 30.4 Å². The van der Waals surface area contributed by atoms with Crippen LogP contribution in [0.1, 0.15) is 58.5 Å². The Labute approximate surface area is 192 Å². The number of amides is 2. The van der Waals surface area contributed by atoms with E-state index in [1.807, 2.05) is 30.3 Å². The molecule has 0 spiro atoms. The highest BCUT2D eigenvalue weighted by atomic mass is 16.5. The molecule has 5 N–H and O–H groups in total. The van der Waals surface area contributed by atoms with Crippen LogP contribution in [0.5, 0.6) is 5.75 Å². The molecule has 1 fully saturated rings. The van der Waals surface area contributed by atoms with Gasteiger partial charge in [0, 0.05) is 12.1 Å². The minimum atomic E-state index is -0.590. The van der Waals surface area contributed by atoms with Crippen molar-refractivity contribution in [2.24, 2.45) is 11.7 Å². The highest BCUT2D eigenvalue weighted by Crippen LogP contribution is 2.38. The van der Waals surface area contributed by atoms with Gasteiger partial charge in [-0.25, -0.2) is 4.68 Å². The zero-order valence-electron chi connectivity index (χ0n) is 18.9. The summed E-state index contributed by atoms with van der Waals surface area (Å²) in [5.41, 5.74) is 14.8. The molecule has 2 atom stereocenters. The van der Waals surface area contributed by atoms with Gasteiger partial charge in [0.15, 0.2) is 0 Å². The van der Waals surface area contributed by atoms with Gasteiger partial charge in [-0.3, -0.25) is 9.59 Å². The Morgan fingerprint density at radius 2 is 1.88 bits per heavy atom. The van der Waals surface area contributed by atoms with Crippen molar-refractivity contribution in [2.45, 2.75) is 38.8 Å². The molecule has 33 heavy (non-hydrogen) atoms. The largest absolute Gasteiger partial charge is 0.496 e. The number of primary amides is 1. The molecule has 0 radical (unpaired) electrons. The van der Waals surface area contributed by atoms with Crippen molar-refractivity contribution in [1.82, 2.24) is 15.1 Å². The maximum atomic E-state index is 12.5. The molecule has 0 saturated heterocycles. The lowest BCUT2D eigenvalue weighted by Gasteiger charge is -2.12. The lowest BCUT2D eigenvalue weighted by atomic mass is 10.0. The summed E-state index contributed by atoms with van der Waals surface area (Å²) in [6, 6.07) is 14.7. The van der Waals surface area contributed by atoms with Gasteiger partial charge in [0.1, 0.15) is 22.8 Å². The van der Waals surface area contributed by atoms with Crippen molar-refractivity contribution in [2.75, 3.05) is 12.8 Å². The van der Waals surface area contributed by atoms with E-state index < -0.39 is 5.91 Å². The van der Waals surface area contributed by atoms with Crippen molar-refractivity contribution in [3.63, 3.8) is 0 Å². The van der Waals surface area contributed by atoms with Crippen LogP contribution in [0.15, 0.2) is 48.5 Å². The number of nitrogens with zero attached hydrogens (tertiary/aromatic N) is 2. The summed E-state index contributed by atoms with van der Waals surface area (Å²) in [5, 5.41) is 7.59. The quantitative estimate of drug-likeness (QED) is 0.511. The Morgan fingerprint density at radius 3 is 2.52 bits per heavy atom. The number of anilines is 1. The lowest BCUT2D eigenvalue weighted by molar-refractivity contribution is 0.0946. The summed E-state index contributed by atoms with van der Waals surface area (Å²) in [4.78, 5) is 24.7. The van der Waals surface area contributed by atoms with E-state index >= 15 is 0 Å². The van der Waals surface area contributed by atoms with Gasteiger partial charge >= 0.3 is 0 Å². The van der Waals surface area contributed by atoms with Gasteiger partial charge in [-0.1, -0.05) is 43.3 Å². The molecule has 1 aliphatic rings. The fraction of sp³-hybridized carbons (Fsp3) is 0.320. The number of hydrogen-bond donors (Lipinski definition) is 3. The number of benzene rings is 2. The molecule has 8 nitrogen and oxygen atoms in total. The molecule has 2 aromatic carbocycles. The number of para-hydroxylation sites is 1. The van der Waals surface area contributed by atoms with Crippen molar-refractivity contribution in [3.8, 4) is 17.0 Å². The first-order valence-electron chi connectivity index (χ1n) is 11.1. The van der Waals surface area contributed by atoms with Crippen LogP contribution in [0.4, 0.5) is 5.82 Å². The molecule has 1 aliphatic carbocycles. The van der Waals surface area contributed by atoms with Crippen LogP contribution in [-0.2, 0) is 6.54 Å². The van der Waals surface area contributed by atoms with E-state index in [1.165, 1.54) is 7.11 Å². The zero-order valence-corrected chi connectivity index (χ0v) is 18.9. The molecule has 8 heteroatoms. The molecule has 1 heterocycles. The van der Waals surface area contributed by atoms with Crippen LogP contribution in [0.3, 0.4) is 0 Å². The standard InChI is InChI=1S/C25H29N5O3/c1-15-7-12-18(13-15)30-23(26)21(24(27)31)22(29-30)17-10-8-16(9-11-17)14-28-25(32)19-5-3-4-6-20(19)33-2/h3-6,8-11,15,18H,7,12-14,26H2,1-2H3,(H2,27,31)(H,28,32). The van der Waals surface area contributed by atoms with E-state index in [2.05, 4.69) is 17.3 Å². The fourth-order valence-electron chi connectivity index (χ4n) is 4.46. The molecule has 0 aliphatic heterocycles. The first kappa shape index (κ1) is 22.4. The van der Waals surface area contributed by atoms with Gasteiger partial charge < -0.3 is 21.5 Å². The summed E-state index contributed by atoms with van der Waals surface area (Å²) >= 11 is 0. The fourth-order valence-corrected chi connectivity index (χ4v) is 4.46. The number of methoxy groups -OCH3 is 1. The van der Waals surface area contributed by atoms with Crippen LogP contribution in [-0.4, -0.2) is 28.7 Å². The third-order valence-electron chi connectivity index (χ3n) is 6.24. The molecule has 1 aromatic heterocycles. The highest BCUT2D eigenvalue weighted by molar-refractivity contribution is 6.03. The summed E-state index contributed by atoms with van der Waals surface area (Å²) in [5.74, 6) is 0.640. The average molecular weight is 448 g/mol. The molecule has 172 valence electrons. The predicted octanol–water partition coefficient (Wildman–Crippen LogP) is 3.53. The second kappa shape index (κ2) is 9.36. The number of carbonyl (C=O) groups is 2. The van der Waals surface area contributed by atoms with Crippen LogP contribution in [0.2, 0.25) is 0 Å². The molecule has 1 saturated carbocycles. The third kappa shape index (κ3) is 4.55. The lowest BCUT2D eigenvalue weighted by Crippen LogP contribution is -2.23. The molecule has 4 rings (SSSR count). The van der Waals surface area contributed by atoms with E-state index in [4.69, 9.17) is 16.2 Å². The third-order valence-corrected chi connectivity index (χ3v) is 6.24. The van der Waals surface area contributed by atoms with Crippen molar-refractivity contribution >= 4 is 17.6 Å². The van der Waals surface area contributed by atoms with Gasteiger partial charge in [-0.05, 0) is 42.9 Å². The smallest absolute Gasteiger partial charge is 0.255 e. The second-order valence-corrected chi connectivity index (χ2v) is 8.57. The van der Waals surface area contributed by atoms with Crippen LogP contribution < -0.4 is 21.5 Å². The number of carbonyl (C=O) groups excluding carboxylic acids is 2. The maximum absolute atomic E-state index is 12.5. The van der Waals surface area contributed by atoms with Crippen molar-refractivity contribution < 1.29 is 14.3 Å². The monoisotopic (exact) mass is 447 g/mol. The predicted molar refractivity (Wildman–Crippen MR) is 127 cm³/mol. The number of rotatable bonds is 7. The minimum absolute atomic E-state index is 0.177. The minimum Gasteiger partial charge on any atom is -0.496 e. The van der Waals surface area contributed by atoms with Crippen LogP contribution in [0.25, 0.3) is 11.3 Å². The van der Waals surface area contributed by atoms with Gasteiger partial charge in [0.25, 0.3) is 11.8 Å². The Bertz CT molecular complexity index is 1170. The van der Waals surface area contributed by atoms with Crippen LogP contribution >= 0.6 is 0 Å². The van der Waals surface area contributed by atoms with Gasteiger partial charge in [0.2, 0.25) is 0 Å². The number of nitrogens with one attached hydrogen (secondary N) is 1. The zero-order chi connectivity index (χ0) is 23.5. The van der Waals surface area contributed by atoms with Gasteiger partial charge in [-0.2, -0.15) is 5.10 Å². The molecular weight excluding hydrogens is 418 g/mol. The Balaban J connectivity index is 1.52. The summed E-state index contributed by atoms with van der Waals surface area (Å²) < 4.78 is 7.01. The Kier molecular flexibility index (Phi) is 6.35. The van der Waals surface area contributed by atoms with E-state index in [0.29, 0.717) is 35.3 Å². The average Bonchev–Trinajstić information content (AvgIpc) is 3.40. The van der Waals surface area contributed by atoms with Gasteiger partial charge in [0.05, 0.1) is 18.7 Å². The first-order chi connectivity index (χ1) is 15.9. The molecule has 0 bridgehead atoms. The second-order valence-electron chi connectivity index (χ2n) is 8.57. The number of hydrogen-bond acceptors (Lipinski definition) is 5. The Morgan fingerprint density at radius 1 is 1.15 bits per heavy atom. The number of nitrogen functional groups attached to an aromatic ring is 1. The summed E-state index contributed by atoms with van der Waals surface area (Å²) in [6.07, 6.45) is 3.07. The van der Waals surface area contributed by atoms with Crippen molar-refractivity contribution in [3.05, 3.63) is 65.2 Å². The molecule has 2 amide bonds.